The molecule has 5 heteroatoms. The van der Waals surface area contributed by atoms with Crippen LogP contribution in [0.2, 0.25) is 0 Å². The smallest absolute Gasteiger partial charge is 0.280 e. The number of para-hydroxylation sites is 1. The normalized spacial score (nSPS) is 10.6. The van der Waals surface area contributed by atoms with E-state index in [0.29, 0.717) is 18.8 Å². The first-order chi connectivity index (χ1) is 12.3. The Balaban J connectivity index is 1.78. The Hall–Kier alpha value is -2.95. The predicted octanol–water partition coefficient (Wildman–Crippen LogP) is 3.77. The number of hydrogen-bond acceptors (Lipinski definition) is 3. The van der Waals surface area contributed by atoms with Crippen LogP contribution in [-0.4, -0.2) is 27.4 Å². The maximum absolute atomic E-state index is 12.9. The number of benzene rings is 2. The third-order valence-corrected chi connectivity index (χ3v) is 3.99. The van der Waals surface area contributed by atoms with Crippen molar-refractivity contribution in [1.82, 2.24) is 15.0 Å². The largest absolute Gasteiger partial charge is 0.307 e. The average Bonchev–Trinajstić information content (AvgIpc) is 3.12. The third-order valence-electron chi connectivity index (χ3n) is 3.99. The van der Waals surface area contributed by atoms with E-state index in [0.717, 1.165) is 24.1 Å². The van der Waals surface area contributed by atoms with Crippen LogP contribution in [0.1, 0.15) is 35.8 Å². The minimum absolute atomic E-state index is 0.112. The lowest BCUT2D eigenvalue weighted by Gasteiger charge is -2.21. The molecule has 0 bridgehead atoms. The lowest BCUT2D eigenvalue weighted by Crippen LogP contribution is -2.32. The van der Waals surface area contributed by atoms with Gasteiger partial charge in [0.2, 0.25) is 0 Å². The molecule has 0 aliphatic heterocycles. The Kier molecular flexibility index (Phi) is 5.57. The molecule has 1 aromatic heterocycles. The Bertz CT molecular complexity index is 799. The number of unbranched alkanes of at least 4 members (excludes halogenated alkanes) is 1. The van der Waals surface area contributed by atoms with Crippen molar-refractivity contribution < 1.29 is 4.79 Å². The number of carbonyl (C=O) groups excluding carboxylic acids is 1. The summed E-state index contributed by atoms with van der Waals surface area (Å²) in [5, 5.41) is 8.20. The molecule has 5 nitrogen and oxygen atoms in total. The molecule has 0 aliphatic carbocycles. The second-order valence-corrected chi connectivity index (χ2v) is 5.93. The molecule has 0 saturated heterocycles. The molecule has 3 rings (SSSR count). The van der Waals surface area contributed by atoms with Crippen molar-refractivity contribution in [3.05, 3.63) is 78.1 Å². The highest BCUT2D eigenvalue weighted by atomic mass is 16.2. The van der Waals surface area contributed by atoms with Gasteiger partial charge in [-0.05, 0) is 24.1 Å². The Morgan fingerprint density at radius 1 is 1.04 bits per heavy atom. The van der Waals surface area contributed by atoms with Gasteiger partial charge in [-0.15, -0.1) is 5.10 Å². The summed E-state index contributed by atoms with van der Waals surface area (Å²) in [6.45, 7) is 3.39. The van der Waals surface area contributed by atoms with Crippen LogP contribution in [0.3, 0.4) is 0 Å². The number of nitrogens with zero attached hydrogens (tertiary/aromatic N) is 4. The van der Waals surface area contributed by atoms with Crippen LogP contribution >= 0.6 is 0 Å². The van der Waals surface area contributed by atoms with Crippen molar-refractivity contribution in [2.75, 3.05) is 11.4 Å². The molecular weight excluding hydrogens is 312 g/mol. The van der Waals surface area contributed by atoms with Gasteiger partial charge in [0.25, 0.3) is 5.91 Å². The Morgan fingerprint density at radius 2 is 1.72 bits per heavy atom. The number of aromatic nitrogens is 3. The molecule has 2 aromatic carbocycles. The second kappa shape index (κ2) is 8.24. The third kappa shape index (κ3) is 4.32. The van der Waals surface area contributed by atoms with Crippen LogP contribution in [0.5, 0.6) is 0 Å². The average molecular weight is 334 g/mol. The van der Waals surface area contributed by atoms with E-state index in [4.69, 9.17) is 0 Å². The van der Waals surface area contributed by atoms with Gasteiger partial charge in [0.05, 0.1) is 12.7 Å². The van der Waals surface area contributed by atoms with Crippen LogP contribution in [0.25, 0.3) is 0 Å². The van der Waals surface area contributed by atoms with E-state index in [-0.39, 0.29) is 5.91 Å². The molecule has 3 aromatic rings. The Labute approximate surface area is 147 Å². The van der Waals surface area contributed by atoms with Gasteiger partial charge < -0.3 is 4.90 Å². The summed E-state index contributed by atoms with van der Waals surface area (Å²) < 4.78 is 1.70. The summed E-state index contributed by atoms with van der Waals surface area (Å²) >= 11 is 0. The number of carbonyl (C=O) groups is 1. The van der Waals surface area contributed by atoms with E-state index < -0.39 is 0 Å². The maximum Gasteiger partial charge on any atom is 0.280 e. The van der Waals surface area contributed by atoms with Gasteiger partial charge in [0.1, 0.15) is 0 Å². The molecule has 1 amide bonds. The Morgan fingerprint density at radius 3 is 2.40 bits per heavy atom. The molecule has 128 valence electrons. The molecule has 25 heavy (non-hydrogen) atoms. The van der Waals surface area contributed by atoms with E-state index in [2.05, 4.69) is 17.2 Å². The van der Waals surface area contributed by atoms with E-state index in [1.165, 1.54) is 0 Å². The quantitative estimate of drug-likeness (QED) is 0.661. The van der Waals surface area contributed by atoms with Gasteiger partial charge in [-0.1, -0.05) is 67.1 Å². The highest BCUT2D eigenvalue weighted by Crippen LogP contribution is 2.17. The number of amides is 1. The molecule has 0 radical (unpaired) electrons. The zero-order chi connectivity index (χ0) is 17.5. The van der Waals surface area contributed by atoms with Crippen LogP contribution in [0.4, 0.5) is 5.69 Å². The van der Waals surface area contributed by atoms with Crippen LogP contribution in [0.15, 0.2) is 66.9 Å². The summed E-state index contributed by atoms with van der Waals surface area (Å²) in [6.07, 6.45) is 3.69. The summed E-state index contributed by atoms with van der Waals surface area (Å²) in [5.74, 6) is -0.112. The van der Waals surface area contributed by atoms with Crippen molar-refractivity contribution in [3.8, 4) is 0 Å². The molecule has 0 unspecified atom stereocenters. The first-order valence-corrected chi connectivity index (χ1v) is 8.59. The lowest BCUT2D eigenvalue weighted by molar-refractivity contribution is 0.0981. The summed E-state index contributed by atoms with van der Waals surface area (Å²) in [5.41, 5.74) is 2.38. The fraction of sp³-hybridized carbons (Fsp3) is 0.250. The van der Waals surface area contributed by atoms with Crippen molar-refractivity contribution >= 4 is 11.6 Å². The topological polar surface area (TPSA) is 51.0 Å². The van der Waals surface area contributed by atoms with Crippen molar-refractivity contribution in [3.63, 3.8) is 0 Å². The van der Waals surface area contributed by atoms with Crippen LogP contribution < -0.4 is 4.90 Å². The fourth-order valence-corrected chi connectivity index (χ4v) is 2.65. The van der Waals surface area contributed by atoms with E-state index in [1.807, 2.05) is 60.7 Å². The minimum atomic E-state index is -0.112. The fourth-order valence-electron chi connectivity index (χ4n) is 2.65. The number of hydrogen-bond donors (Lipinski definition) is 0. The van der Waals surface area contributed by atoms with Gasteiger partial charge >= 0.3 is 0 Å². The monoisotopic (exact) mass is 334 g/mol. The molecule has 0 aliphatic rings. The first kappa shape index (κ1) is 16.9. The SMILES string of the molecule is CCCCN(C(=O)c1cn(Cc2ccccc2)nn1)c1ccccc1. The van der Waals surface area contributed by atoms with Gasteiger partial charge in [-0.25, -0.2) is 4.68 Å². The molecule has 1 heterocycles. The maximum atomic E-state index is 12.9. The molecule has 0 N–H and O–H groups in total. The summed E-state index contributed by atoms with van der Waals surface area (Å²) in [4.78, 5) is 14.7. The highest BCUT2D eigenvalue weighted by molar-refractivity contribution is 6.04. The van der Waals surface area contributed by atoms with Crippen LogP contribution in [0, 0.1) is 0 Å². The first-order valence-electron chi connectivity index (χ1n) is 8.59. The zero-order valence-corrected chi connectivity index (χ0v) is 14.4. The highest BCUT2D eigenvalue weighted by Gasteiger charge is 2.20. The zero-order valence-electron chi connectivity index (χ0n) is 14.4. The minimum Gasteiger partial charge on any atom is -0.307 e. The summed E-state index contributed by atoms with van der Waals surface area (Å²) in [6, 6.07) is 19.7. The number of anilines is 1. The van der Waals surface area contributed by atoms with Gasteiger partial charge in [0.15, 0.2) is 5.69 Å². The van der Waals surface area contributed by atoms with Gasteiger partial charge in [-0.3, -0.25) is 4.79 Å². The molecule has 0 spiro atoms. The van der Waals surface area contributed by atoms with Crippen molar-refractivity contribution in [2.24, 2.45) is 0 Å². The second-order valence-electron chi connectivity index (χ2n) is 5.93. The molecule has 0 atom stereocenters. The van der Waals surface area contributed by atoms with Crippen LogP contribution in [-0.2, 0) is 6.54 Å². The standard InChI is InChI=1S/C20H22N4O/c1-2-3-14-24(18-12-8-5-9-13-18)20(25)19-16-23(22-21-19)15-17-10-6-4-7-11-17/h4-13,16H,2-3,14-15H2,1H3. The predicted molar refractivity (Wildman–Crippen MR) is 98.6 cm³/mol. The van der Waals surface area contributed by atoms with E-state index in [1.54, 1.807) is 15.8 Å². The van der Waals surface area contributed by atoms with Gasteiger partial charge in [-0.2, -0.15) is 0 Å². The summed E-state index contributed by atoms with van der Waals surface area (Å²) in [7, 11) is 0. The van der Waals surface area contributed by atoms with E-state index in [9.17, 15) is 4.79 Å². The van der Waals surface area contributed by atoms with Gasteiger partial charge in [0, 0.05) is 12.2 Å². The van der Waals surface area contributed by atoms with E-state index >= 15 is 0 Å². The molecule has 0 saturated carbocycles. The lowest BCUT2D eigenvalue weighted by atomic mass is 10.2. The van der Waals surface area contributed by atoms with Crippen molar-refractivity contribution in [2.45, 2.75) is 26.3 Å². The number of rotatable bonds is 7. The van der Waals surface area contributed by atoms with Crippen molar-refractivity contribution in [1.29, 1.82) is 0 Å². The molecule has 0 fully saturated rings. The molecular formula is C20H22N4O.